The number of carbonyl (C=O) groups is 1. The van der Waals surface area contributed by atoms with Gasteiger partial charge < -0.3 is 11.1 Å². The van der Waals surface area contributed by atoms with E-state index < -0.39 is 0 Å². The van der Waals surface area contributed by atoms with Gasteiger partial charge in [-0.1, -0.05) is 19.1 Å². The molecule has 0 heterocycles. The Morgan fingerprint density at radius 1 is 1.06 bits per heavy atom. The van der Waals surface area contributed by atoms with Crippen molar-refractivity contribution in [3.63, 3.8) is 0 Å². The molecule has 1 amide bonds. The van der Waals surface area contributed by atoms with Crippen molar-refractivity contribution in [1.29, 1.82) is 0 Å². The van der Waals surface area contributed by atoms with Gasteiger partial charge in [-0.3, -0.25) is 4.79 Å². The number of benzene rings is 2. The largest absolute Gasteiger partial charge is 0.399 e. The van der Waals surface area contributed by atoms with Crippen LogP contribution in [0, 0.1) is 0 Å². The minimum Gasteiger partial charge on any atom is -0.399 e. The molecule has 3 nitrogen and oxygen atoms in total. The van der Waals surface area contributed by atoms with Crippen molar-refractivity contribution in [2.45, 2.75) is 13.3 Å². The van der Waals surface area contributed by atoms with Crippen LogP contribution in [0.4, 0.5) is 11.4 Å². The molecule has 0 aromatic heterocycles. The third kappa shape index (κ3) is 2.88. The smallest absolute Gasteiger partial charge is 0.255 e. The Hall–Kier alpha value is -2.29. The van der Waals surface area contributed by atoms with Crippen LogP contribution in [0.25, 0.3) is 0 Å². The maximum atomic E-state index is 11.9. The molecule has 2 aromatic carbocycles. The van der Waals surface area contributed by atoms with Gasteiger partial charge in [-0.25, -0.2) is 0 Å². The van der Waals surface area contributed by atoms with E-state index in [0.717, 1.165) is 12.1 Å². The van der Waals surface area contributed by atoms with Crippen molar-refractivity contribution in [2.24, 2.45) is 0 Å². The highest BCUT2D eigenvalue weighted by molar-refractivity contribution is 6.04. The Morgan fingerprint density at radius 2 is 1.67 bits per heavy atom. The first kappa shape index (κ1) is 12.2. The molecule has 92 valence electrons. The average Bonchev–Trinajstić information content (AvgIpc) is 2.40. The lowest BCUT2D eigenvalue weighted by molar-refractivity contribution is 0.102. The van der Waals surface area contributed by atoms with E-state index >= 15 is 0 Å². The van der Waals surface area contributed by atoms with Gasteiger partial charge in [0.25, 0.3) is 5.91 Å². The van der Waals surface area contributed by atoms with Crippen molar-refractivity contribution < 1.29 is 4.79 Å². The fraction of sp³-hybridized carbons (Fsp3) is 0.133. The van der Waals surface area contributed by atoms with E-state index in [2.05, 4.69) is 12.2 Å². The molecule has 3 N–H and O–H groups in total. The van der Waals surface area contributed by atoms with Crippen LogP contribution in [-0.2, 0) is 6.42 Å². The van der Waals surface area contributed by atoms with E-state index in [0.29, 0.717) is 11.3 Å². The van der Waals surface area contributed by atoms with Crippen molar-refractivity contribution in [1.82, 2.24) is 0 Å². The lowest BCUT2D eigenvalue weighted by Gasteiger charge is -2.06. The summed E-state index contributed by atoms with van der Waals surface area (Å²) in [7, 11) is 0. The van der Waals surface area contributed by atoms with E-state index in [1.54, 1.807) is 24.3 Å². The van der Waals surface area contributed by atoms with Gasteiger partial charge in [0.2, 0.25) is 0 Å². The van der Waals surface area contributed by atoms with Crippen molar-refractivity contribution in [3.05, 3.63) is 59.7 Å². The molecule has 0 saturated carbocycles. The van der Waals surface area contributed by atoms with Crippen LogP contribution >= 0.6 is 0 Å². The molecule has 18 heavy (non-hydrogen) atoms. The van der Waals surface area contributed by atoms with Crippen LogP contribution in [-0.4, -0.2) is 5.91 Å². The summed E-state index contributed by atoms with van der Waals surface area (Å²) >= 11 is 0. The highest BCUT2D eigenvalue weighted by Gasteiger charge is 2.05. The first-order chi connectivity index (χ1) is 8.69. The van der Waals surface area contributed by atoms with Gasteiger partial charge in [0, 0.05) is 16.9 Å². The van der Waals surface area contributed by atoms with Crippen molar-refractivity contribution >= 4 is 17.3 Å². The second-order valence-electron chi connectivity index (χ2n) is 4.13. The topological polar surface area (TPSA) is 55.1 Å². The second kappa shape index (κ2) is 5.36. The summed E-state index contributed by atoms with van der Waals surface area (Å²) in [5.41, 5.74) is 8.88. The van der Waals surface area contributed by atoms with E-state index in [1.165, 1.54) is 5.56 Å². The van der Waals surface area contributed by atoms with E-state index in [-0.39, 0.29) is 5.91 Å². The molecule has 0 bridgehead atoms. The average molecular weight is 240 g/mol. The number of anilines is 2. The number of nitrogen functional groups attached to an aromatic ring is 1. The molecule has 0 unspecified atom stereocenters. The molecule has 3 heteroatoms. The van der Waals surface area contributed by atoms with Gasteiger partial charge in [-0.15, -0.1) is 0 Å². The van der Waals surface area contributed by atoms with Gasteiger partial charge >= 0.3 is 0 Å². The monoisotopic (exact) mass is 240 g/mol. The lowest BCUT2D eigenvalue weighted by Crippen LogP contribution is -2.11. The minimum atomic E-state index is -0.126. The molecule has 0 saturated heterocycles. The van der Waals surface area contributed by atoms with E-state index in [1.807, 2.05) is 24.3 Å². The van der Waals surface area contributed by atoms with Gasteiger partial charge in [0.1, 0.15) is 0 Å². The molecule has 2 rings (SSSR count). The number of nitrogens with two attached hydrogens (primary N) is 1. The molecule has 0 radical (unpaired) electrons. The third-order valence-corrected chi connectivity index (χ3v) is 2.79. The highest BCUT2D eigenvalue weighted by atomic mass is 16.1. The summed E-state index contributed by atoms with van der Waals surface area (Å²) in [6, 6.07) is 14.7. The summed E-state index contributed by atoms with van der Waals surface area (Å²) < 4.78 is 0. The van der Waals surface area contributed by atoms with Crippen molar-refractivity contribution in [2.75, 3.05) is 11.1 Å². The summed E-state index contributed by atoms with van der Waals surface area (Å²) in [5.74, 6) is -0.126. The number of carbonyl (C=O) groups excluding carboxylic acids is 1. The normalized spacial score (nSPS) is 10.1. The molecule has 0 aliphatic carbocycles. The number of amides is 1. The summed E-state index contributed by atoms with van der Waals surface area (Å²) in [5, 5.41) is 2.85. The maximum absolute atomic E-state index is 11.9. The highest BCUT2D eigenvalue weighted by Crippen LogP contribution is 2.12. The molecule has 0 atom stereocenters. The third-order valence-electron chi connectivity index (χ3n) is 2.79. The fourth-order valence-electron chi connectivity index (χ4n) is 1.66. The summed E-state index contributed by atoms with van der Waals surface area (Å²) in [6.45, 7) is 2.10. The zero-order chi connectivity index (χ0) is 13.0. The van der Waals surface area contributed by atoms with Gasteiger partial charge in [-0.05, 0) is 48.4 Å². The van der Waals surface area contributed by atoms with Crippen LogP contribution < -0.4 is 11.1 Å². The molecule has 0 spiro atoms. The van der Waals surface area contributed by atoms with Crippen LogP contribution in [0.3, 0.4) is 0 Å². The number of hydrogen-bond acceptors (Lipinski definition) is 2. The van der Waals surface area contributed by atoms with Crippen LogP contribution in [0.5, 0.6) is 0 Å². The van der Waals surface area contributed by atoms with Crippen LogP contribution in [0.15, 0.2) is 48.5 Å². The first-order valence-electron chi connectivity index (χ1n) is 5.95. The molecular weight excluding hydrogens is 224 g/mol. The zero-order valence-corrected chi connectivity index (χ0v) is 10.3. The predicted molar refractivity (Wildman–Crippen MR) is 74.6 cm³/mol. The first-order valence-corrected chi connectivity index (χ1v) is 5.95. The lowest BCUT2D eigenvalue weighted by atomic mass is 10.1. The van der Waals surface area contributed by atoms with Crippen LogP contribution in [0.1, 0.15) is 22.8 Å². The number of hydrogen-bond donors (Lipinski definition) is 2. The minimum absolute atomic E-state index is 0.126. The molecule has 0 aliphatic rings. The number of rotatable bonds is 3. The number of nitrogens with one attached hydrogen (secondary N) is 1. The Balaban J connectivity index is 2.08. The zero-order valence-electron chi connectivity index (χ0n) is 10.3. The Labute approximate surface area is 107 Å². The van der Waals surface area contributed by atoms with Gasteiger partial charge in [-0.2, -0.15) is 0 Å². The van der Waals surface area contributed by atoms with Gasteiger partial charge in [0.05, 0.1) is 0 Å². The Morgan fingerprint density at radius 3 is 2.22 bits per heavy atom. The van der Waals surface area contributed by atoms with E-state index in [9.17, 15) is 4.79 Å². The van der Waals surface area contributed by atoms with Gasteiger partial charge in [0.15, 0.2) is 0 Å². The molecule has 0 aliphatic heterocycles. The quantitative estimate of drug-likeness (QED) is 0.810. The van der Waals surface area contributed by atoms with E-state index in [4.69, 9.17) is 5.73 Å². The standard InChI is InChI=1S/C15H16N2O/c1-2-11-3-9-14(10-4-11)17-15(18)12-5-7-13(16)8-6-12/h3-10H,2,16H2,1H3,(H,17,18). The molecule has 2 aromatic rings. The summed E-state index contributed by atoms with van der Waals surface area (Å²) in [4.78, 5) is 11.9. The fourth-order valence-corrected chi connectivity index (χ4v) is 1.66. The Kier molecular flexibility index (Phi) is 3.63. The second-order valence-corrected chi connectivity index (χ2v) is 4.13. The summed E-state index contributed by atoms with van der Waals surface area (Å²) in [6.07, 6.45) is 0.992. The Bertz CT molecular complexity index is 529. The van der Waals surface area contributed by atoms with Crippen LogP contribution in [0.2, 0.25) is 0 Å². The number of aryl methyl sites for hydroxylation is 1. The SMILES string of the molecule is CCc1ccc(NC(=O)c2ccc(N)cc2)cc1. The molecule has 0 fully saturated rings. The predicted octanol–water partition coefficient (Wildman–Crippen LogP) is 3.08. The van der Waals surface area contributed by atoms with Crippen molar-refractivity contribution in [3.8, 4) is 0 Å². The molecular formula is C15H16N2O. The maximum Gasteiger partial charge on any atom is 0.255 e.